The topological polar surface area (TPSA) is 46.2 Å². The average molecular weight is 233 g/mol. The normalized spacial score (nSPS) is 26.7. The van der Waals surface area contributed by atoms with Crippen LogP contribution in [-0.2, 0) is 9.84 Å². The van der Waals surface area contributed by atoms with Crippen molar-refractivity contribution in [3.05, 3.63) is 0 Å². The van der Waals surface area contributed by atoms with Crippen LogP contribution < -0.4 is 5.32 Å². The van der Waals surface area contributed by atoms with E-state index in [-0.39, 0.29) is 0 Å². The standard InChI is InChI=1S/C11H23NO2S/c1-3-4-5-11(12-2)8-10-6-7-15(13,14)9-10/h10-12H,3-9H2,1-2H3. The lowest BCUT2D eigenvalue weighted by Gasteiger charge is -2.18. The molecular formula is C11H23NO2S. The minimum Gasteiger partial charge on any atom is -0.317 e. The Morgan fingerprint density at radius 3 is 2.67 bits per heavy atom. The molecule has 3 nitrogen and oxygen atoms in total. The van der Waals surface area contributed by atoms with E-state index in [0.29, 0.717) is 23.5 Å². The molecule has 1 saturated heterocycles. The number of hydrogen-bond acceptors (Lipinski definition) is 3. The van der Waals surface area contributed by atoms with Gasteiger partial charge >= 0.3 is 0 Å². The summed E-state index contributed by atoms with van der Waals surface area (Å²) in [4.78, 5) is 0. The molecule has 0 amide bonds. The van der Waals surface area contributed by atoms with Crippen molar-refractivity contribution in [2.75, 3.05) is 18.6 Å². The summed E-state index contributed by atoms with van der Waals surface area (Å²) in [6, 6.07) is 0.503. The SMILES string of the molecule is CCCCC(CC1CCS(=O)(=O)C1)NC. The van der Waals surface area contributed by atoms with Gasteiger partial charge in [0.05, 0.1) is 11.5 Å². The second kappa shape index (κ2) is 5.85. The highest BCUT2D eigenvalue weighted by Crippen LogP contribution is 2.24. The highest BCUT2D eigenvalue weighted by Gasteiger charge is 2.29. The molecule has 1 aliphatic rings. The zero-order valence-corrected chi connectivity index (χ0v) is 10.6. The average Bonchev–Trinajstić information content (AvgIpc) is 2.52. The van der Waals surface area contributed by atoms with Crippen LogP contribution in [0, 0.1) is 5.92 Å². The lowest BCUT2D eigenvalue weighted by Crippen LogP contribution is -2.28. The van der Waals surface area contributed by atoms with Crippen LogP contribution in [0.1, 0.15) is 39.0 Å². The summed E-state index contributed by atoms with van der Waals surface area (Å²) in [5, 5.41) is 3.30. The fourth-order valence-corrected chi connectivity index (χ4v) is 4.17. The number of hydrogen-bond donors (Lipinski definition) is 1. The highest BCUT2D eigenvalue weighted by molar-refractivity contribution is 7.91. The summed E-state index contributed by atoms with van der Waals surface area (Å²) in [5.74, 6) is 1.21. The Bertz CT molecular complexity index is 274. The quantitative estimate of drug-likeness (QED) is 0.758. The van der Waals surface area contributed by atoms with E-state index in [1.165, 1.54) is 19.3 Å². The van der Waals surface area contributed by atoms with Crippen LogP contribution >= 0.6 is 0 Å². The minimum atomic E-state index is -2.70. The van der Waals surface area contributed by atoms with Gasteiger partial charge in [-0.1, -0.05) is 19.8 Å². The molecule has 0 aromatic carbocycles. The van der Waals surface area contributed by atoms with Gasteiger partial charge in [0.1, 0.15) is 0 Å². The summed E-state index contributed by atoms with van der Waals surface area (Å²) in [6.07, 6.45) is 5.50. The largest absolute Gasteiger partial charge is 0.317 e. The van der Waals surface area contributed by atoms with E-state index in [1.807, 2.05) is 7.05 Å². The molecule has 1 rings (SSSR count). The predicted molar refractivity (Wildman–Crippen MR) is 63.8 cm³/mol. The third kappa shape index (κ3) is 4.51. The van der Waals surface area contributed by atoms with Crippen LogP contribution in [0.4, 0.5) is 0 Å². The Labute approximate surface area is 93.6 Å². The van der Waals surface area contributed by atoms with Crippen LogP contribution in [0.25, 0.3) is 0 Å². The molecule has 0 aliphatic carbocycles. The number of nitrogens with one attached hydrogen (secondary N) is 1. The van der Waals surface area contributed by atoms with Crippen molar-refractivity contribution in [2.24, 2.45) is 5.92 Å². The van der Waals surface area contributed by atoms with E-state index in [9.17, 15) is 8.42 Å². The van der Waals surface area contributed by atoms with Crippen molar-refractivity contribution in [2.45, 2.75) is 45.1 Å². The monoisotopic (exact) mass is 233 g/mol. The molecule has 2 unspecified atom stereocenters. The molecule has 2 atom stereocenters. The van der Waals surface area contributed by atoms with Crippen molar-refractivity contribution in [1.82, 2.24) is 5.32 Å². The van der Waals surface area contributed by atoms with Gasteiger partial charge in [0.25, 0.3) is 0 Å². The predicted octanol–water partition coefficient (Wildman–Crippen LogP) is 1.59. The van der Waals surface area contributed by atoms with Gasteiger partial charge in [0.15, 0.2) is 9.84 Å². The van der Waals surface area contributed by atoms with Crippen LogP contribution in [0.2, 0.25) is 0 Å². The zero-order chi connectivity index (χ0) is 11.3. The summed E-state index contributed by atoms with van der Waals surface area (Å²) in [7, 11) is -0.722. The van der Waals surface area contributed by atoms with Gasteiger partial charge in [-0.25, -0.2) is 8.42 Å². The van der Waals surface area contributed by atoms with E-state index < -0.39 is 9.84 Å². The second-order valence-corrected chi connectivity index (χ2v) is 6.86. The molecule has 0 bridgehead atoms. The maximum Gasteiger partial charge on any atom is 0.150 e. The van der Waals surface area contributed by atoms with Gasteiger partial charge in [-0.2, -0.15) is 0 Å². The maximum atomic E-state index is 11.3. The van der Waals surface area contributed by atoms with Gasteiger partial charge < -0.3 is 5.32 Å². The first kappa shape index (κ1) is 13.0. The second-order valence-electron chi connectivity index (χ2n) is 4.63. The zero-order valence-electron chi connectivity index (χ0n) is 9.83. The lowest BCUT2D eigenvalue weighted by molar-refractivity contribution is 0.398. The van der Waals surface area contributed by atoms with Crippen LogP contribution in [0.5, 0.6) is 0 Å². The van der Waals surface area contributed by atoms with Crippen LogP contribution in [-0.4, -0.2) is 33.0 Å². The van der Waals surface area contributed by atoms with Crippen molar-refractivity contribution in [1.29, 1.82) is 0 Å². The Morgan fingerprint density at radius 2 is 2.20 bits per heavy atom. The molecule has 0 aromatic heterocycles. The van der Waals surface area contributed by atoms with Crippen molar-refractivity contribution < 1.29 is 8.42 Å². The summed E-state index contributed by atoms with van der Waals surface area (Å²) in [6.45, 7) is 2.19. The molecule has 0 radical (unpaired) electrons. The highest BCUT2D eigenvalue weighted by atomic mass is 32.2. The molecule has 0 spiro atoms. The van der Waals surface area contributed by atoms with Gasteiger partial charge in [0, 0.05) is 6.04 Å². The Morgan fingerprint density at radius 1 is 1.47 bits per heavy atom. The summed E-state index contributed by atoms with van der Waals surface area (Å²) >= 11 is 0. The summed E-state index contributed by atoms with van der Waals surface area (Å²) < 4.78 is 22.6. The summed E-state index contributed by atoms with van der Waals surface area (Å²) in [5.41, 5.74) is 0. The molecule has 4 heteroatoms. The van der Waals surface area contributed by atoms with Gasteiger partial charge in [-0.05, 0) is 32.2 Å². The first-order valence-corrected chi connectivity index (χ1v) is 7.77. The molecule has 0 aromatic rings. The van der Waals surface area contributed by atoms with Gasteiger partial charge in [0.2, 0.25) is 0 Å². The van der Waals surface area contributed by atoms with Crippen molar-refractivity contribution in [3.63, 3.8) is 0 Å². The van der Waals surface area contributed by atoms with E-state index in [4.69, 9.17) is 0 Å². The minimum absolute atomic E-state index is 0.393. The first-order valence-electron chi connectivity index (χ1n) is 5.95. The van der Waals surface area contributed by atoms with Gasteiger partial charge in [-0.3, -0.25) is 0 Å². The van der Waals surface area contributed by atoms with Crippen LogP contribution in [0.3, 0.4) is 0 Å². The van der Waals surface area contributed by atoms with E-state index in [1.54, 1.807) is 0 Å². The fourth-order valence-electron chi connectivity index (χ4n) is 2.29. The van der Waals surface area contributed by atoms with E-state index >= 15 is 0 Å². The van der Waals surface area contributed by atoms with Gasteiger partial charge in [-0.15, -0.1) is 0 Å². The smallest absolute Gasteiger partial charge is 0.150 e. The molecule has 0 saturated carbocycles. The third-order valence-corrected chi connectivity index (χ3v) is 5.10. The van der Waals surface area contributed by atoms with Crippen molar-refractivity contribution >= 4 is 9.84 Å². The third-order valence-electron chi connectivity index (χ3n) is 3.26. The fraction of sp³-hybridized carbons (Fsp3) is 1.00. The maximum absolute atomic E-state index is 11.3. The molecular weight excluding hydrogens is 210 g/mol. The molecule has 1 fully saturated rings. The van der Waals surface area contributed by atoms with Crippen molar-refractivity contribution in [3.8, 4) is 0 Å². The van der Waals surface area contributed by atoms with E-state index in [2.05, 4.69) is 12.2 Å². The lowest BCUT2D eigenvalue weighted by atomic mass is 9.96. The Balaban J connectivity index is 2.33. The number of rotatable bonds is 6. The Hall–Kier alpha value is -0.0900. The molecule has 1 heterocycles. The first-order chi connectivity index (χ1) is 7.07. The molecule has 90 valence electrons. The number of sulfone groups is 1. The van der Waals surface area contributed by atoms with E-state index in [0.717, 1.165) is 12.8 Å². The molecule has 15 heavy (non-hydrogen) atoms. The van der Waals surface area contributed by atoms with Crippen LogP contribution in [0.15, 0.2) is 0 Å². The molecule has 1 aliphatic heterocycles. The Kier molecular flexibility index (Phi) is 5.06. The molecule has 1 N–H and O–H groups in total. The number of unbranched alkanes of at least 4 members (excludes halogenated alkanes) is 1.